The van der Waals surface area contributed by atoms with Gasteiger partial charge >= 0.3 is 24.6 Å². The molecule has 0 aliphatic heterocycles. The minimum absolute atomic E-state index is 0.231. The summed E-state index contributed by atoms with van der Waals surface area (Å²) in [6, 6.07) is 2.11. The Hall–Kier alpha value is -3.71. The first kappa shape index (κ1) is 31.5. The molecule has 14 heteroatoms. The lowest BCUT2D eigenvalue weighted by Crippen LogP contribution is -2.44. The highest BCUT2D eigenvalue weighted by molar-refractivity contribution is 5.92. The molecule has 2 rings (SSSR count). The molecule has 39 heavy (non-hydrogen) atoms. The molecule has 0 aliphatic rings. The highest BCUT2D eigenvalue weighted by atomic mass is 19.4. The SMILES string of the molecule is CC(C)(C)N(Cc1ccc(C=CC(=O)NC(c2cccc(C(F)(F)F)c2)C(F)(F)F)cc1C(F)(F)F)C(=O)O. The van der Waals surface area contributed by atoms with Crippen LogP contribution in [0, 0.1) is 0 Å². The van der Waals surface area contributed by atoms with Crippen molar-refractivity contribution in [1.82, 2.24) is 10.2 Å². The number of rotatable bonds is 6. The zero-order valence-corrected chi connectivity index (χ0v) is 20.6. The van der Waals surface area contributed by atoms with E-state index in [1.165, 1.54) is 26.1 Å². The average molecular weight is 570 g/mol. The largest absolute Gasteiger partial charge is 0.465 e. The van der Waals surface area contributed by atoms with E-state index in [1.807, 2.05) is 0 Å². The van der Waals surface area contributed by atoms with Gasteiger partial charge < -0.3 is 10.4 Å². The van der Waals surface area contributed by atoms with E-state index in [4.69, 9.17) is 0 Å². The number of nitrogens with zero attached hydrogens (tertiary/aromatic N) is 1. The third-order valence-corrected chi connectivity index (χ3v) is 5.40. The van der Waals surface area contributed by atoms with Gasteiger partial charge in [-0.15, -0.1) is 0 Å². The molecule has 2 aromatic rings. The van der Waals surface area contributed by atoms with E-state index in [9.17, 15) is 54.2 Å². The second kappa shape index (κ2) is 11.2. The number of hydrogen-bond donors (Lipinski definition) is 2. The Labute approximate surface area is 216 Å². The number of amides is 2. The van der Waals surface area contributed by atoms with Crippen LogP contribution < -0.4 is 5.32 Å². The second-order valence-electron chi connectivity index (χ2n) is 9.39. The monoisotopic (exact) mass is 570 g/mol. The molecule has 0 aromatic heterocycles. The topological polar surface area (TPSA) is 69.6 Å². The molecule has 1 atom stereocenters. The van der Waals surface area contributed by atoms with Gasteiger partial charge in [0.05, 0.1) is 17.7 Å². The van der Waals surface area contributed by atoms with E-state index in [2.05, 4.69) is 0 Å². The van der Waals surface area contributed by atoms with E-state index in [0.29, 0.717) is 18.2 Å². The number of carbonyl (C=O) groups is 2. The number of carbonyl (C=O) groups excluding carboxylic acids is 1. The number of nitrogens with one attached hydrogen (secondary N) is 1. The van der Waals surface area contributed by atoms with E-state index in [0.717, 1.165) is 35.2 Å². The standard InChI is InChI=1S/C25H23F9N2O3/c1-22(2,3)36(21(38)39)13-16-9-7-14(11-18(16)24(29,30)31)8-10-19(37)35-20(25(32,33)34)15-5-4-6-17(12-15)23(26,27)28/h4-12,20H,13H2,1-3H3,(H,35,37)(H,38,39). The number of hydrogen-bond acceptors (Lipinski definition) is 2. The lowest BCUT2D eigenvalue weighted by Gasteiger charge is -2.34. The van der Waals surface area contributed by atoms with Gasteiger partial charge in [0, 0.05) is 11.6 Å². The summed E-state index contributed by atoms with van der Waals surface area (Å²) in [6.07, 6.45) is -15.2. The molecule has 0 saturated carbocycles. The van der Waals surface area contributed by atoms with Crippen molar-refractivity contribution in [3.63, 3.8) is 0 Å². The van der Waals surface area contributed by atoms with E-state index in [-0.39, 0.29) is 11.6 Å². The number of benzene rings is 2. The molecular formula is C25H23F9N2O3. The lowest BCUT2D eigenvalue weighted by atomic mass is 10.00. The Kier molecular flexibility index (Phi) is 9.04. The number of alkyl halides is 9. The third-order valence-electron chi connectivity index (χ3n) is 5.40. The van der Waals surface area contributed by atoms with Crippen molar-refractivity contribution in [1.29, 1.82) is 0 Å². The van der Waals surface area contributed by atoms with Crippen LogP contribution in [0.3, 0.4) is 0 Å². The zero-order chi connectivity index (χ0) is 30.0. The van der Waals surface area contributed by atoms with Crippen molar-refractivity contribution in [2.24, 2.45) is 0 Å². The highest BCUT2D eigenvalue weighted by Crippen LogP contribution is 2.37. The van der Waals surface area contributed by atoms with Crippen molar-refractivity contribution in [3.05, 3.63) is 76.4 Å². The molecule has 2 N–H and O–H groups in total. The predicted molar refractivity (Wildman–Crippen MR) is 122 cm³/mol. The fraction of sp³-hybridized carbons (Fsp3) is 0.360. The number of carboxylic acid groups (broad SMARTS) is 1. The minimum atomic E-state index is -5.19. The fourth-order valence-corrected chi connectivity index (χ4v) is 3.47. The van der Waals surface area contributed by atoms with Crippen molar-refractivity contribution >= 4 is 18.1 Å². The zero-order valence-electron chi connectivity index (χ0n) is 20.6. The normalized spacial score (nSPS) is 13.8. The quantitative estimate of drug-likeness (QED) is 0.280. The van der Waals surface area contributed by atoms with Crippen LogP contribution in [0.1, 0.15) is 54.6 Å². The van der Waals surface area contributed by atoms with Crippen LogP contribution >= 0.6 is 0 Å². The Morgan fingerprint density at radius 2 is 1.54 bits per heavy atom. The summed E-state index contributed by atoms with van der Waals surface area (Å²) < 4.78 is 121. The first-order valence-electron chi connectivity index (χ1n) is 11.0. The summed E-state index contributed by atoms with van der Waals surface area (Å²) in [5.74, 6) is -1.43. The van der Waals surface area contributed by atoms with Gasteiger partial charge in [0.15, 0.2) is 6.04 Å². The third kappa shape index (κ3) is 8.65. The molecule has 0 heterocycles. The van der Waals surface area contributed by atoms with E-state index < -0.39 is 70.9 Å². The number of halogens is 9. The van der Waals surface area contributed by atoms with Crippen molar-refractivity contribution in [2.45, 2.75) is 57.4 Å². The van der Waals surface area contributed by atoms with Crippen LogP contribution in [-0.2, 0) is 23.7 Å². The van der Waals surface area contributed by atoms with Crippen LogP contribution in [-0.4, -0.2) is 33.7 Å². The van der Waals surface area contributed by atoms with Gasteiger partial charge in [-0.3, -0.25) is 9.69 Å². The molecule has 0 radical (unpaired) electrons. The Morgan fingerprint density at radius 1 is 0.923 bits per heavy atom. The maximum atomic E-state index is 13.7. The van der Waals surface area contributed by atoms with Crippen molar-refractivity contribution < 1.29 is 54.2 Å². The van der Waals surface area contributed by atoms with Crippen LogP contribution in [0.25, 0.3) is 6.08 Å². The average Bonchev–Trinajstić information content (AvgIpc) is 2.77. The van der Waals surface area contributed by atoms with Gasteiger partial charge in [-0.1, -0.05) is 24.3 Å². The molecule has 0 saturated heterocycles. The fourth-order valence-electron chi connectivity index (χ4n) is 3.47. The predicted octanol–water partition coefficient (Wildman–Crippen LogP) is 7.44. The summed E-state index contributed by atoms with van der Waals surface area (Å²) in [7, 11) is 0. The van der Waals surface area contributed by atoms with E-state index in [1.54, 1.807) is 0 Å². The van der Waals surface area contributed by atoms with E-state index >= 15 is 0 Å². The van der Waals surface area contributed by atoms with Crippen LogP contribution in [0.15, 0.2) is 48.5 Å². The minimum Gasteiger partial charge on any atom is -0.465 e. The Bertz CT molecular complexity index is 1230. The second-order valence-corrected chi connectivity index (χ2v) is 9.39. The molecule has 0 spiro atoms. The molecule has 0 fully saturated rings. The van der Waals surface area contributed by atoms with Gasteiger partial charge in [0.2, 0.25) is 5.91 Å². The molecular weight excluding hydrogens is 547 g/mol. The molecule has 2 aromatic carbocycles. The molecule has 0 bridgehead atoms. The van der Waals surface area contributed by atoms with Gasteiger partial charge in [0.1, 0.15) is 0 Å². The lowest BCUT2D eigenvalue weighted by molar-refractivity contribution is -0.162. The van der Waals surface area contributed by atoms with Crippen LogP contribution in [0.2, 0.25) is 0 Å². The van der Waals surface area contributed by atoms with Crippen LogP contribution in [0.5, 0.6) is 0 Å². The Balaban J connectivity index is 2.35. The summed E-state index contributed by atoms with van der Waals surface area (Å²) >= 11 is 0. The smallest absolute Gasteiger partial charge is 0.416 e. The molecule has 0 aliphatic carbocycles. The van der Waals surface area contributed by atoms with Crippen molar-refractivity contribution in [3.8, 4) is 0 Å². The maximum Gasteiger partial charge on any atom is 0.416 e. The molecule has 2 amide bonds. The van der Waals surface area contributed by atoms with Gasteiger partial charge in [-0.05, 0) is 61.7 Å². The summed E-state index contributed by atoms with van der Waals surface area (Å²) in [4.78, 5) is 24.5. The molecule has 214 valence electrons. The Morgan fingerprint density at radius 3 is 2.03 bits per heavy atom. The summed E-state index contributed by atoms with van der Waals surface area (Å²) in [6.45, 7) is 3.83. The molecule has 1 unspecified atom stereocenters. The summed E-state index contributed by atoms with van der Waals surface area (Å²) in [5.41, 5.74) is -5.18. The van der Waals surface area contributed by atoms with Crippen molar-refractivity contribution in [2.75, 3.05) is 0 Å². The van der Waals surface area contributed by atoms with Gasteiger partial charge in [0.25, 0.3) is 0 Å². The first-order valence-corrected chi connectivity index (χ1v) is 11.0. The van der Waals surface area contributed by atoms with Crippen LogP contribution in [0.4, 0.5) is 44.3 Å². The summed E-state index contributed by atoms with van der Waals surface area (Å²) in [5, 5.41) is 10.9. The molecule has 5 nitrogen and oxygen atoms in total. The highest BCUT2D eigenvalue weighted by Gasteiger charge is 2.43. The maximum absolute atomic E-state index is 13.7. The van der Waals surface area contributed by atoms with Gasteiger partial charge in [-0.25, -0.2) is 4.79 Å². The van der Waals surface area contributed by atoms with Gasteiger partial charge in [-0.2, -0.15) is 39.5 Å². The first-order chi connectivity index (χ1) is 17.6.